The van der Waals surface area contributed by atoms with Gasteiger partial charge in [0.2, 0.25) is 11.8 Å². The number of rotatable bonds is 11. The number of hydrogen-bond donors (Lipinski definition) is 3. The molecule has 2 aliphatic heterocycles. The van der Waals surface area contributed by atoms with Crippen LogP contribution in [0.3, 0.4) is 0 Å². The van der Waals surface area contributed by atoms with E-state index in [1.165, 1.54) is 20.8 Å². The summed E-state index contributed by atoms with van der Waals surface area (Å²) in [5.41, 5.74) is 1.10. The lowest BCUT2D eigenvalue weighted by molar-refractivity contribution is -0.143. The van der Waals surface area contributed by atoms with Crippen molar-refractivity contribution < 1.29 is 43.3 Å². The molecule has 3 heterocycles. The van der Waals surface area contributed by atoms with Crippen LogP contribution in [0, 0.1) is 6.92 Å². The Bertz CT molecular complexity index is 1520. The lowest BCUT2D eigenvalue weighted by Gasteiger charge is -2.35. The molecule has 2 aromatic rings. The van der Waals surface area contributed by atoms with Crippen molar-refractivity contribution in [2.75, 3.05) is 45.9 Å². The van der Waals surface area contributed by atoms with Crippen LogP contribution in [0.1, 0.15) is 56.1 Å². The molecular formula is C32H42N6O9. The number of carboxylic acids is 1. The normalized spacial score (nSPS) is 17.5. The van der Waals surface area contributed by atoms with Crippen LogP contribution in [0.4, 0.5) is 4.79 Å². The summed E-state index contributed by atoms with van der Waals surface area (Å²) in [5, 5.41) is 15.4. The minimum atomic E-state index is -1.41. The number of hydrogen-bond acceptors (Lipinski definition) is 9. The molecule has 0 unspecified atom stereocenters. The van der Waals surface area contributed by atoms with E-state index in [2.05, 4.69) is 15.6 Å². The number of carboxylic acid groups (broad SMARTS) is 1. The summed E-state index contributed by atoms with van der Waals surface area (Å²) < 4.78 is 11.1. The van der Waals surface area contributed by atoms with Gasteiger partial charge in [0.05, 0.1) is 18.5 Å². The third-order valence-electron chi connectivity index (χ3n) is 8.10. The van der Waals surface area contributed by atoms with Gasteiger partial charge in [-0.05, 0) is 58.2 Å². The van der Waals surface area contributed by atoms with Crippen LogP contribution in [0.2, 0.25) is 0 Å². The quantitative estimate of drug-likeness (QED) is 0.319. The first-order valence-electron chi connectivity index (χ1n) is 15.8. The van der Waals surface area contributed by atoms with Crippen molar-refractivity contribution in [2.24, 2.45) is 0 Å². The number of likely N-dealkylation sites (tertiary alicyclic amines) is 1. The van der Waals surface area contributed by atoms with Crippen molar-refractivity contribution in [1.82, 2.24) is 30.3 Å². The topological polar surface area (TPSA) is 188 Å². The molecule has 254 valence electrons. The third kappa shape index (κ3) is 8.45. The molecule has 15 heteroatoms. The zero-order chi connectivity index (χ0) is 34.2. The first kappa shape index (κ1) is 34.9. The predicted octanol–water partition coefficient (Wildman–Crippen LogP) is 1.31. The molecule has 3 atom stereocenters. The molecule has 2 fully saturated rings. The zero-order valence-electron chi connectivity index (χ0n) is 27.1. The van der Waals surface area contributed by atoms with Crippen molar-refractivity contribution in [3.8, 4) is 5.75 Å². The fourth-order valence-electron chi connectivity index (χ4n) is 5.74. The van der Waals surface area contributed by atoms with E-state index in [4.69, 9.17) is 9.47 Å². The maximum atomic E-state index is 13.5. The number of ether oxygens (including phenoxy) is 2. The van der Waals surface area contributed by atoms with Crippen LogP contribution in [-0.2, 0) is 23.9 Å². The summed E-state index contributed by atoms with van der Waals surface area (Å²) in [6.45, 7) is 8.66. The summed E-state index contributed by atoms with van der Waals surface area (Å²) in [4.78, 5) is 85.5. The van der Waals surface area contributed by atoms with Crippen LogP contribution in [0.5, 0.6) is 5.75 Å². The molecule has 15 nitrogen and oxygen atoms in total. The van der Waals surface area contributed by atoms with E-state index in [1.807, 2.05) is 19.9 Å². The van der Waals surface area contributed by atoms with Gasteiger partial charge < -0.3 is 39.9 Å². The van der Waals surface area contributed by atoms with Gasteiger partial charge in [0.15, 0.2) is 6.10 Å². The molecular weight excluding hydrogens is 612 g/mol. The number of amides is 5. The highest BCUT2D eigenvalue weighted by atomic mass is 16.6. The van der Waals surface area contributed by atoms with Gasteiger partial charge in [-0.25, -0.2) is 9.78 Å². The smallest absolute Gasteiger partial charge is 0.409 e. The second-order valence-corrected chi connectivity index (χ2v) is 11.5. The van der Waals surface area contributed by atoms with Gasteiger partial charge in [0.25, 0.3) is 11.8 Å². The molecule has 3 N–H and O–H groups in total. The van der Waals surface area contributed by atoms with Gasteiger partial charge in [0, 0.05) is 50.7 Å². The van der Waals surface area contributed by atoms with E-state index < -0.39 is 48.5 Å². The Hall–Kier alpha value is -4.95. The number of aryl methyl sites for hydroxylation is 1. The number of fused-ring (bicyclic) bond motifs is 1. The number of aliphatic carboxylic acids is 1. The molecule has 4 rings (SSSR count). The zero-order valence-corrected chi connectivity index (χ0v) is 27.1. The Morgan fingerprint density at radius 1 is 1.00 bits per heavy atom. The molecule has 1 aromatic heterocycles. The number of nitrogens with one attached hydrogen (secondary N) is 2. The van der Waals surface area contributed by atoms with Crippen molar-refractivity contribution in [2.45, 2.75) is 65.1 Å². The van der Waals surface area contributed by atoms with Gasteiger partial charge in [-0.2, -0.15) is 0 Å². The lowest BCUT2D eigenvalue weighted by Crippen LogP contribution is -2.56. The van der Waals surface area contributed by atoms with Gasteiger partial charge >= 0.3 is 12.1 Å². The largest absolute Gasteiger partial charge is 0.481 e. The second kappa shape index (κ2) is 15.6. The van der Waals surface area contributed by atoms with E-state index in [0.717, 1.165) is 5.56 Å². The second-order valence-electron chi connectivity index (χ2n) is 11.5. The number of benzene rings is 1. The number of nitrogens with zero attached hydrogens (tertiary/aromatic N) is 4. The van der Waals surface area contributed by atoms with Gasteiger partial charge in [-0.3, -0.25) is 24.0 Å². The summed E-state index contributed by atoms with van der Waals surface area (Å²) >= 11 is 0. The molecule has 1 aromatic carbocycles. The van der Waals surface area contributed by atoms with Crippen LogP contribution in [0.25, 0.3) is 10.9 Å². The highest BCUT2D eigenvalue weighted by molar-refractivity contribution is 6.00. The summed E-state index contributed by atoms with van der Waals surface area (Å²) in [6, 6.07) is 4.67. The van der Waals surface area contributed by atoms with Gasteiger partial charge in [-0.1, -0.05) is 6.07 Å². The molecule has 2 aliphatic rings. The number of pyridine rings is 1. The molecule has 0 saturated carbocycles. The van der Waals surface area contributed by atoms with E-state index in [9.17, 15) is 33.9 Å². The van der Waals surface area contributed by atoms with Gasteiger partial charge in [0.1, 0.15) is 23.5 Å². The molecule has 0 bridgehead atoms. The number of carbonyl (C=O) groups is 6. The average molecular weight is 655 g/mol. The standard InChI is InChI=1S/C32H42N6O9/c1-5-33-29(42)25-8-7-11-38(25)30(43)20(4)47-26-17-23(34-22-16-19(3)9-10-21(22)26)28(41)35-24(18-27(39)40)31(44)36-12-14-37(15-13-36)32(45)46-6-2/h9-10,16-17,20,24-25H,5-8,11-15,18H2,1-4H3,(H,33,42)(H,35,41)(H,39,40)/t20-,24-,25-/m0/s1. The van der Waals surface area contributed by atoms with Crippen LogP contribution in [-0.4, -0.2) is 125 Å². The highest BCUT2D eigenvalue weighted by Gasteiger charge is 2.37. The number of piperazine rings is 1. The average Bonchev–Trinajstić information content (AvgIpc) is 3.54. The highest BCUT2D eigenvalue weighted by Crippen LogP contribution is 2.29. The van der Waals surface area contributed by atoms with E-state index in [0.29, 0.717) is 36.8 Å². The SMILES string of the molecule is CCNC(=O)[C@@H]1CCCN1C(=O)[C@H](C)Oc1cc(C(=O)N[C@@H](CC(=O)O)C(=O)N2CCN(C(=O)OCC)CC2)nc2cc(C)ccc12. The Kier molecular flexibility index (Phi) is 11.6. The molecule has 2 saturated heterocycles. The molecule has 0 spiro atoms. The van der Waals surface area contributed by atoms with Crippen molar-refractivity contribution in [3.63, 3.8) is 0 Å². The number of aromatic nitrogens is 1. The van der Waals surface area contributed by atoms with Crippen molar-refractivity contribution >= 4 is 46.6 Å². The molecule has 47 heavy (non-hydrogen) atoms. The van der Waals surface area contributed by atoms with E-state index in [-0.39, 0.29) is 56.0 Å². The maximum absolute atomic E-state index is 13.5. The fourth-order valence-corrected chi connectivity index (χ4v) is 5.74. The van der Waals surface area contributed by atoms with Crippen molar-refractivity contribution in [1.29, 1.82) is 0 Å². The van der Waals surface area contributed by atoms with Crippen molar-refractivity contribution in [3.05, 3.63) is 35.5 Å². The Balaban J connectivity index is 1.54. The minimum absolute atomic E-state index is 0.138. The van der Waals surface area contributed by atoms with Crippen LogP contribution >= 0.6 is 0 Å². The number of carbonyl (C=O) groups excluding carboxylic acids is 5. The summed E-state index contributed by atoms with van der Waals surface area (Å²) in [7, 11) is 0. The molecule has 0 aliphatic carbocycles. The molecule has 5 amide bonds. The third-order valence-corrected chi connectivity index (χ3v) is 8.10. The van der Waals surface area contributed by atoms with E-state index in [1.54, 1.807) is 26.0 Å². The monoisotopic (exact) mass is 654 g/mol. The van der Waals surface area contributed by atoms with E-state index >= 15 is 0 Å². The fraction of sp³-hybridized carbons (Fsp3) is 0.531. The minimum Gasteiger partial charge on any atom is -0.481 e. The predicted molar refractivity (Wildman–Crippen MR) is 169 cm³/mol. The Morgan fingerprint density at radius 2 is 1.70 bits per heavy atom. The first-order chi connectivity index (χ1) is 22.4. The number of likely N-dealkylation sites (N-methyl/N-ethyl adjacent to an activating group) is 1. The van der Waals surface area contributed by atoms with Crippen LogP contribution in [0.15, 0.2) is 24.3 Å². The molecule has 0 radical (unpaired) electrons. The Morgan fingerprint density at radius 3 is 2.36 bits per heavy atom. The van der Waals surface area contributed by atoms with Crippen LogP contribution < -0.4 is 15.4 Å². The summed E-state index contributed by atoms with van der Waals surface area (Å²) in [5.74, 6) is -3.12. The summed E-state index contributed by atoms with van der Waals surface area (Å²) in [6.07, 6.45) is -0.957. The first-order valence-corrected chi connectivity index (χ1v) is 15.8. The Labute approximate surface area is 272 Å². The maximum Gasteiger partial charge on any atom is 0.409 e. The lowest BCUT2D eigenvalue weighted by atomic mass is 10.1. The van der Waals surface area contributed by atoms with Gasteiger partial charge in [-0.15, -0.1) is 0 Å².